The van der Waals surface area contributed by atoms with E-state index in [4.69, 9.17) is 16.0 Å². The van der Waals surface area contributed by atoms with Gasteiger partial charge in [0, 0.05) is 18.7 Å². The first-order valence-corrected chi connectivity index (χ1v) is 17.1. The minimum atomic E-state index is -1.64. The van der Waals surface area contributed by atoms with Crippen LogP contribution in [0.3, 0.4) is 0 Å². The molecule has 0 saturated carbocycles. The molecule has 1 heterocycles. The van der Waals surface area contributed by atoms with E-state index in [1.165, 1.54) is 6.04 Å². The van der Waals surface area contributed by atoms with Crippen molar-refractivity contribution in [3.63, 3.8) is 0 Å². The third-order valence-electron chi connectivity index (χ3n) is 4.64. The minimum absolute atomic E-state index is 0.0775. The lowest BCUT2D eigenvalue weighted by molar-refractivity contribution is 0.122. The zero-order chi connectivity index (χ0) is 12.1. The molecule has 0 N–H and O–H groups in total. The van der Waals surface area contributed by atoms with E-state index in [0.29, 0.717) is 0 Å². The molecule has 1 nitrogen and oxygen atoms in total. The molecule has 1 fully saturated rings. The van der Waals surface area contributed by atoms with Crippen LogP contribution in [0.5, 0.6) is 0 Å². The molecule has 0 aliphatic carbocycles. The molecule has 0 aromatic heterocycles. The largest absolute Gasteiger partial charge is 0.414 e. The molecular formula is C10H25ClOSi3. The van der Waals surface area contributed by atoms with Gasteiger partial charge in [-0.25, -0.2) is 0 Å². The summed E-state index contributed by atoms with van der Waals surface area (Å²) in [6, 6.07) is 1.30. The van der Waals surface area contributed by atoms with Crippen molar-refractivity contribution in [3.8, 4) is 0 Å². The van der Waals surface area contributed by atoms with Crippen LogP contribution in [-0.2, 0) is 4.43 Å². The van der Waals surface area contributed by atoms with Crippen LogP contribution < -0.4 is 0 Å². The van der Waals surface area contributed by atoms with Gasteiger partial charge in [-0.15, -0.1) is 11.6 Å². The van der Waals surface area contributed by atoms with Crippen molar-refractivity contribution in [1.82, 2.24) is 0 Å². The Labute approximate surface area is 102 Å². The van der Waals surface area contributed by atoms with E-state index < -0.39 is 22.5 Å². The van der Waals surface area contributed by atoms with Gasteiger partial charge in [0.2, 0.25) is 0 Å². The van der Waals surface area contributed by atoms with Crippen molar-refractivity contribution in [1.29, 1.82) is 0 Å². The summed E-state index contributed by atoms with van der Waals surface area (Å²) in [6.07, 6.45) is 0. The summed E-state index contributed by atoms with van der Waals surface area (Å²) in [7, 11) is -4.00. The van der Waals surface area contributed by atoms with Gasteiger partial charge < -0.3 is 4.43 Å². The Hall–Kier alpha value is 0.901. The summed E-state index contributed by atoms with van der Waals surface area (Å²) in [5, 5.41) is 0. The second kappa shape index (κ2) is 3.70. The third kappa shape index (κ3) is 2.16. The molecule has 1 atom stereocenters. The average molecular weight is 281 g/mol. The molecule has 0 amide bonds. The molecule has 90 valence electrons. The van der Waals surface area contributed by atoms with Crippen molar-refractivity contribution < 1.29 is 4.43 Å². The summed E-state index contributed by atoms with van der Waals surface area (Å²) in [4.78, 5) is 0. The highest BCUT2D eigenvalue weighted by Crippen LogP contribution is 2.43. The fourth-order valence-corrected chi connectivity index (χ4v) is 37.7. The van der Waals surface area contributed by atoms with Crippen molar-refractivity contribution in [3.05, 3.63) is 0 Å². The van der Waals surface area contributed by atoms with Crippen molar-refractivity contribution >= 4 is 34.1 Å². The number of alkyl halides is 1. The van der Waals surface area contributed by atoms with Crippen LogP contribution in [0.15, 0.2) is 0 Å². The SMILES string of the molecule is CC1(C)C[Si](C)(C)[Si](C)(C)[Si](C)(CCl)O1. The van der Waals surface area contributed by atoms with E-state index >= 15 is 0 Å². The zero-order valence-electron chi connectivity index (χ0n) is 11.2. The fourth-order valence-electron chi connectivity index (χ4n) is 2.97. The summed E-state index contributed by atoms with van der Waals surface area (Å²) >= 11 is 6.25. The second-order valence-corrected chi connectivity index (χ2v) is 34.3. The van der Waals surface area contributed by atoms with Crippen LogP contribution in [0.4, 0.5) is 0 Å². The van der Waals surface area contributed by atoms with Gasteiger partial charge in [0.25, 0.3) is 0 Å². The molecule has 5 heteroatoms. The van der Waals surface area contributed by atoms with Crippen molar-refractivity contribution in [2.45, 2.75) is 58.2 Å². The lowest BCUT2D eigenvalue weighted by Crippen LogP contribution is -2.79. The third-order valence-corrected chi connectivity index (χ3v) is 46.4. The first kappa shape index (κ1) is 14.0. The quantitative estimate of drug-likeness (QED) is 0.525. The molecular weight excluding hydrogens is 256 g/mol. The van der Waals surface area contributed by atoms with Crippen LogP contribution in [0.25, 0.3) is 0 Å². The Balaban J connectivity index is 3.18. The maximum atomic E-state index is 6.46. The highest BCUT2D eigenvalue weighted by molar-refractivity contribution is 7.68. The maximum Gasteiger partial charge on any atom is 0.189 e. The summed E-state index contributed by atoms with van der Waals surface area (Å²) in [6.45, 7) is 17.1. The van der Waals surface area contributed by atoms with Gasteiger partial charge in [-0.1, -0.05) is 26.2 Å². The highest BCUT2D eigenvalue weighted by atomic mass is 35.5. The van der Waals surface area contributed by atoms with E-state index in [1.54, 1.807) is 0 Å². The Morgan fingerprint density at radius 1 is 1.13 bits per heavy atom. The molecule has 1 rings (SSSR count). The molecule has 0 aromatic rings. The summed E-state index contributed by atoms with van der Waals surface area (Å²) in [5.74, 6) is 0. The molecule has 0 aromatic carbocycles. The monoisotopic (exact) mass is 280 g/mol. The first-order valence-electron chi connectivity index (χ1n) is 5.74. The van der Waals surface area contributed by atoms with Gasteiger partial charge in [0.1, 0.15) is 0 Å². The molecule has 0 radical (unpaired) electrons. The topological polar surface area (TPSA) is 9.23 Å². The number of halogens is 1. The van der Waals surface area contributed by atoms with Gasteiger partial charge in [0.05, 0.1) is 7.11 Å². The molecule has 15 heavy (non-hydrogen) atoms. The molecule has 1 aliphatic rings. The number of hydrogen-bond donors (Lipinski definition) is 0. The van der Waals surface area contributed by atoms with Crippen molar-refractivity contribution in [2.24, 2.45) is 0 Å². The first-order chi connectivity index (χ1) is 6.47. The van der Waals surface area contributed by atoms with E-state index in [0.717, 1.165) is 5.50 Å². The van der Waals surface area contributed by atoms with E-state index in [1.807, 2.05) is 0 Å². The Bertz CT molecular complexity index is 265. The predicted octanol–water partition coefficient (Wildman–Crippen LogP) is 3.72. The minimum Gasteiger partial charge on any atom is -0.414 e. The normalized spacial score (nSPS) is 37.6. The van der Waals surface area contributed by atoms with Crippen LogP contribution >= 0.6 is 11.6 Å². The Morgan fingerprint density at radius 3 is 2.00 bits per heavy atom. The van der Waals surface area contributed by atoms with Gasteiger partial charge in [0.15, 0.2) is 7.83 Å². The predicted molar refractivity (Wildman–Crippen MR) is 77.3 cm³/mol. The average Bonchev–Trinajstić information content (AvgIpc) is 1.98. The molecule has 1 unspecified atom stereocenters. The van der Waals surface area contributed by atoms with Crippen molar-refractivity contribution in [2.75, 3.05) is 5.50 Å². The highest BCUT2D eigenvalue weighted by Gasteiger charge is 2.62. The fraction of sp³-hybridized carbons (Fsp3) is 1.00. The molecule has 1 saturated heterocycles. The molecule has 0 spiro atoms. The van der Waals surface area contributed by atoms with E-state index in [-0.39, 0.29) is 5.60 Å². The van der Waals surface area contributed by atoms with Gasteiger partial charge in [-0.3, -0.25) is 0 Å². The summed E-state index contributed by atoms with van der Waals surface area (Å²) < 4.78 is 6.46. The van der Waals surface area contributed by atoms with Gasteiger partial charge in [-0.2, -0.15) is 0 Å². The zero-order valence-corrected chi connectivity index (χ0v) is 15.0. The second-order valence-electron chi connectivity index (χ2n) is 6.91. The van der Waals surface area contributed by atoms with Gasteiger partial charge in [-0.05, 0) is 26.4 Å². The van der Waals surface area contributed by atoms with Crippen LogP contribution in [0, 0.1) is 0 Å². The standard InChI is InChI=1S/C10H25ClOSi3/c1-10(2)8-13(3,4)14(5,6)15(7,9-11)12-10/h8-9H2,1-7H3. The van der Waals surface area contributed by atoms with Crippen LogP contribution in [0.2, 0.25) is 38.8 Å². The smallest absolute Gasteiger partial charge is 0.189 e. The number of rotatable bonds is 1. The van der Waals surface area contributed by atoms with E-state index in [9.17, 15) is 0 Å². The Kier molecular flexibility index (Phi) is 3.44. The van der Waals surface area contributed by atoms with Gasteiger partial charge >= 0.3 is 0 Å². The summed E-state index contributed by atoms with van der Waals surface area (Å²) in [5.41, 5.74) is 0.861. The lowest BCUT2D eigenvalue weighted by Gasteiger charge is -2.58. The molecule has 0 bridgehead atoms. The number of hydrogen-bond acceptors (Lipinski definition) is 1. The Morgan fingerprint density at radius 2 is 1.60 bits per heavy atom. The maximum absolute atomic E-state index is 6.46. The lowest BCUT2D eigenvalue weighted by atomic mass is 10.2. The van der Waals surface area contributed by atoms with Crippen LogP contribution in [-0.4, -0.2) is 33.6 Å². The molecule has 1 aliphatic heterocycles. The van der Waals surface area contributed by atoms with E-state index in [2.05, 4.69) is 46.6 Å². The van der Waals surface area contributed by atoms with Crippen LogP contribution in [0.1, 0.15) is 13.8 Å².